The second-order valence-electron chi connectivity index (χ2n) is 7.94. The molecule has 21 heavy (non-hydrogen) atoms. The van der Waals surface area contributed by atoms with Gasteiger partial charge in [0.1, 0.15) is 12.2 Å². The van der Waals surface area contributed by atoms with E-state index in [0.717, 1.165) is 25.8 Å². The molecule has 2 saturated carbocycles. The first kappa shape index (κ1) is 12.9. The molecule has 2 aliphatic carbocycles. The van der Waals surface area contributed by atoms with Crippen molar-refractivity contribution in [1.29, 1.82) is 0 Å². The summed E-state index contributed by atoms with van der Waals surface area (Å²) in [5.41, 5.74) is -0.366. The number of hydrogen-bond donors (Lipinski definition) is 2. The molecule has 5 aliphatic rings. The predicted molar refractivity (Wildman–Crippen MR) is 73.2 cm³/mol. The Kier molecular flexibility index (Phi) is 2.22. The second kappa shape index (κ2) is 3.63. The van der Waals surface area contributed by atoms with Crippen LogP contribution in [0.3, 0.4) is 0 Å². The Morgan fingerprint density at radius 2 is 2.14 bits per heavy atom. The summed E-state index contributed by atoms with van der Waals surface area (Å²) in [6.45, 7) is 3.76. The van der Waals surface area contributed by atoms with Crippen LogP contribution in [0.15, 0.2) is 0 Å². The molecular weight excluding hydrogens is 270 g/mol. The van der Waals surface area contributed by atoms with E-state index in [4.69, 9.17) is 4.74 Å². The molecule has 2 N–H and O–H groups in total. The maximum absolute atomic E-state index is 12.4. The van der Waals surface area contributed by atoms with Gasteiger partial charge in [-0.1, -0.05) is 6.92 Å². The van der Waals surface area contributed by atoms with Crippen molar-refractivity contribution in [3.8, 4) is 0 Å². The number of ether oxygens (including phenoxy) is 1. The fraction of sp³-hybridized carbons (Fsp3) is 0.938. The highest BCUT2D eigenvalue weighted by Crippen LogP contribution is 2.75. The summed E-state index contributed by atoms with van der Waals surface area (Å²) in [6.07, 6.45) is 2.32. The van der Waals surface area contributed by atoms with Crippen molar-refractivity contribution in [3.63, 3.8) is 0 Å². The molecule has 3 saturated heterocycles. The van der Waals surface area contributed by atoms with Crippen LogP contribution in [-0.4, -0.2) is 58.0 Å². The maximum atomic E-state index is 12.4. The Hall–Kier alpha value is -0.650. The molecule has 0 aromatic carbocycles. The van der Waals surface area contributed by atoms with Crippen molar-refractivity contribution in [2.75, 3.05) is 13.1 Å². The van der Waals surface area contributed by atoms with Crippen LogP contribution in [0.25, 0.3) is 0 Å². The van der Waals surface area contributed by atoms with Crippen LogP contribution in [-0.2, 0) is 9.53 Å². The Morgan fingerprint density at radius 3 is 2.90 bits per heavy atom. The Balaban J connectivity index is 1.75. The van der Waals surface area contributed by atoms with E-state index >= 15 is 0 Å². The highest BCUT2D eigenvalue weighted by atomic mass is 16.6. The highest BCUT2D eigenvalue weighted by molar-refractivity contribution is 5.78. The van der Waals surface area contributed by atoms with Crippen LogP contribution in [0.5, 0.6) is 0 Å². The fourth-order valence-corrected chi connectivity index (χ4v) is 7.21. The molecule has 5 nitrogen and oxygen atoms in total. The summed E-state index contributed by atoms with van der Waals surface area (Å²) >= 11 is 0. The van der Waals surface area contributed by atoms with Crippen LogP contribution in [0.4, 0.5) is 0 Å². The first-order chi connectivity index (χ1) is 10.0. The molecule has 5 heteroatoms. The van der Waals surface area contributed by atoms with Gasteiger partial charge >= 0.3 is 5.97 Å². The van der Waals surface area contributed by atoms with Gasteiger partial charge in [0.25, 0.3) is 0 Å². The van der Waals surface area contributed by atoms with Crippen molar-refractivity contribution >= 4 is 5.97 Å². The lowest BCUT2D eigenvalue weighted by Crippen LogP contribution is -2.86. The van der Waals surface area contributed by atoms with E-state index in [1.807, 2.05) is 0 Å². The Morgan fingerprint density at radius 1 is 1.33 bits per heavy atom. The van der Waals surface area contributed by atoms with E-state index in [0.29, 0.717) is 18.9 Å². The zero-order valence-electron chi connectivity index (χ0n) is 12.4. The van der Waals surface area contributed by atoms with Crippen molar-refractivity contribution in [1.82, 2.24) is 4.90 Å². The number of esters is 1. The molecule has 0 amide bonds. The van der Waals surface area contributed by atoms with Gasteiger partial charge in [-0.25, -0.2) is 0 Å². The minimum atomic E-state index is -0.580. The van der Waals surface area contributed by atoms with Gasteiger partial charge in [-0.2, -0.15) is 0 Å². The zero-order valence-corrected chi connectivity index (χ0v) is 12.4. The summed E-state index contributed by atoms with van der Waals surface area (Å²) in [7, 11) is 0. The number of aliphatic hydroxyl groups excluding tert-OH is 2. The summed E-state index contributed by atoms with van der Waals surface area (Å²) in [4.78, 5) is 14.8. The average molecular weight is 293 g/mol. The molecule has 8 atom stereocenters. The number of carbonyl (C=O) groups excluding carboxylic acids is 1. The van der Waals surface area contributed by atoms with Gasteiger partial charge in [-0.3, -0.25) is 9.69 Å². The van der Waals surface area contributed by atoms with Crippen LogP contribution in [0.1, 0.15) is 32.6 Å². The topological polar surface area (TPSA) is 70.0 Å². The molecular formula is C16H23NO4. The summed E-state index contributed by atoms with van der Waals surface area (Å²) in [6, 6.07) is 0. The van der Waals surface area contributed by atoms with Crippen LogP contribution < -0.4 is 0 Å². The minimum absolute atomic E-state index is 0.108. The third kappa shape index (κ3) is 1.08. The van der Waals surface area contributed by atoms with Gasteiger partial charge in [0, 0.05) is 23.4 Å². The number of nitrogens with zero attached hydrogens (tertiary/aromatic N) is 1. The van der Waals surface area contributed by atoms with Crippen molar-refractivity contribution in [2.24, 2.45) is 23.2 Å². The maximum Gasteiger partial charge on any atom is 0.310 e. The summed E-state index contributed by atoms with van der Waals surface area (Å²) in [5, 5.41) is 21.2. The third-order valence-electron chi connectivity index (χ3n) is 7.58. The normalized spacial score (nSPS) is 61.6. The predicted octanol–water partition coefficient (Wildman–Crippen LogP) is 0.144. The number of hydrogen-bond acceptors (Lipinski definition) is 5. The van der Waals surface area contributed by atoms with Gasteiger partial charge < -0.3 is 14.9 Å². The molecule has 5 fully saturated rings. The average Bonchev–Trinajstić information content (AvgIpc) is 2.75. The molecule has 3 aliphatic heterocycles. The first-order valence-electron chi connectivity index (χ1n) is 8.35. The quantitative estimate of drug-likeness (QED) is 0.622. The largest absolute Gasteiger partial charge is 0.459 e. The van der Waals surface area contributed by atoms with E-state index in [2.05, 4.69) is 11.8 Å². The van der Waals surface area contributed by atoms with Gasteiger partial charge in [-0.15, -0.1) is 0 Å². The fourth-order valence-electron chi connectivity index (χ4n) is 7.21. The monoisotopic (exact) mass is 293 g/mol. The van der Waals surface area contributed by atoms with Gasteiger partial charge in [0.15, 0.2) is 0 Å². The lowest BCUT2D eigenvalue weighted by atomic mass is 9.33. The SMILES string of the molecule is C[C@@H]1C[C@@]23[C@@H]4CCCN2C[C@@H](O)[C@@H]2OC(=O)[C@H](C[C@H]4O)[C@@]123. The van der Waals surface area contributed by atoms with Gasteiger partial charge in [0.05, 0.1) is 12.0 Å². The summed E-state index contributed by atoms with van der Waals surface area (Å²) < 4.78 is 5.67. The molecule has 3 heterocycles. The summed E-state index contributed by atoms with van der Waals surface area (Å²) in [5.74, 6) is 0.204. The number of piperidine rings is 2. The zero-order chi connectivity index (χ0) is 14.6. The van der Waals surface area contributed by atoms with E-state index in [1.165, 1.54) is 0 Å². The Labute approximate surface area is 124 Å². The minimum Gasteiger partial charge on any atom is -0.459 e. The standard InChI is InChI=1S/C16H23NO4/c1-8-6-15-9-3-2-4-17(15)7-12(19)13-16(8,15)10(5-11(9)18)14(20)21-13/h8-13,18-19H,2-7H2,1H3/t8-,9-,10+,11-,12-,13+,15+,16+/m1/s1. The van der Waals surface area contributed by atoms with Crippen LogP contribution in [0.2, 0.25) is 0 Å². The van der Waals surface area contributed by atoms with E-state index in [1.54, 1.807) is 0 Å². The molecule has 0 bridgehead atoms. The molecule has 0 aromatic heterocycles. The smallest absolute Gasteiger partial charge is 0.310 e. The van der Waals surface area contributed by atoms with E-state index < -0.39 is 12.2 Å². The molecule has 5 rings (SSSR count). The number of β-amino-alcohol motifs (C(OH)–C–C–N with tert-alkyl or cyclic N) is 1. The number of carbonyl (C=O) groups is 1. The second-order valence-corrected chi connectivity index (χ2v) is 7.94. The van der Waals surface area contributed by atoms with E-state index in [-0.39, 0.29) is 34.9 Å². The molecule has 116 valence electrons. The molecule has 0 radical (unpaired) electrons. The third-order valence-corrected chi connectivity index (χ3v) is 7.58. The van der Waals surface area contributed by atoms with Gasteiger partial charge in [0.2, 0.25) is 0 Å². The van der Waals surface area contributed by atoms with Crippen molar-refractivity contribution in [3.05, 3.63) is 0 Å². The lowest BCUT2D eigenvalue weighted by Gasteiger charge is -2.77. The molecule has 0 aromatic rings. The van der Waals surface area contributed by atoms with Crippen LogP contribution >= 0.6 is 0 Å². The Bertz CT molecular complexity index is 524. The van der Waals surface area contributed by atoms with E-state index in [9.17, 15) is 15.0 Å². The first-order valence-corrected chi connectivity index (χ1v) is 8.35. The lowest BCUT2D eigenvalue weighted by molar-refractivity contribution is -0.321. The number of aliphatic hydroxyl groups is 2. The molecule has 2 spiro atoms. The van der Waals surface area contributed by atoms with Crippen LogP contribution in [0, 0.1) is 23.2 Å². The van der Waals surface area contributed by atoms with Crippen molar-refractivity contribution in [2.45, 2.75) is 56.5 Å². The molecule has 0 unspecified atom stereocenters. The van der Waals surface area contributed by atoms with Gasteiger partial charge in [-0.05, 0) is 38.1 Å². The van der Waals surface area contributed by atoms with Crippen molar-refractivity contribution < 1.29 is 19.7 Å². The highest BCUT2D eigenvalue weighted by Gasteiger charge is 2.84. The number of rotatable bonds is 0.